The number of nitrogens with zero attached hydrogens (tertiary/aromatic N) is 1. The molecule has 1 aromatic carbocycles. The monoisotopic (exact) mass is 331 g/mol. The Labute approximate surface area is 118 Å². The molecule has 0 saturated heterocycles. The Bertz CT molecular complexity index is 560. The van der Waals surface area contributed by atoms with Crippen LogP contribution in [0.15, 0.2) is 34.9 Å². The van der Waals surface area contributed by atoms with Crippen molar-refractivity contribution >= 4 is 39.1 Å². The van der Waals surface area contributed by atoms with Crippen molar-refractivity contribution in [3.05, 3.63) is 50.7 Å². The van der Waals surface area contributed by atoms with E-state index in [1.54, 1.807) is 30.5 Å². The van der Waals surface area contributed by atoms with Gasteiger partial charge in [-0.3, -0.25) is 0 Å². The standard InChI is InChI=1S/C12H8BrCl2NO/c1-7-6-16-12(15)5-11(7)17-10-3-2-8(14)4-9(10)13/h2-6H,1H3. The van der Waals surface area contributed by atoms with Crippen molar-refractivity contribution in [2.24, 2.45) is 0 Å². The fraction of sp³-hybridized carbons (Fsp3) is 0.0833. The first kappa shape index (κ1) is 12.7. The Morgan fingerprint density at radius 2 is 1.94 bits per heavy atom. The van der Waals surface area contributed by atoms with Gasteiger partial charge in [-0.25, -0.2) is 4.98 Å². The number of halogens is 3. The summed E-state index contributed by atoms with van der Waals surface area (Å²) in [6.07, 6.45) is 1.67. The molecule has 2 nitrogen and oxygen atoms in total. The van der Waals surface area contributed by atoms with E-state index in [1.807, 2.05) is 6.92 Å². The lowest BCUT2D eigenvalue weighted by Crippen LogP contribution is -1.90. The molecule has 0 aliphatic rings. The molecule has 1 aromatic heterocycles. The number of rotatable bonds is 2. The topological polar surface area (TPSA) is 22.1 Å². The third-order valence-corrected chi connectivity index (χ3v) is 3.20. The fourth-order valence-electron chi connectivity index (χ4n) is 1.27. The van der Waals surface area contributed by atoms with E-state index < -0.39 is 0 Å². The molecule has 0 spiro atoms. The third-order valence-electron chi connectivity index (χ3n) is 2.13. The Balaban J connectivity index is 2.34. The maximum Gasteiger partial charge on any atom is 0.141 e. The van der Waals surface area contributed by atoms with Gasteiger partial charge in [-0.05, 0) is 41.1 Å². The number of hydrogen-bond acceptors (Lipinski definition) is 2. The molecule has 0 fully saturated rings. The summed E-state index contributed by atoms with van der Waals surface area (Å²) in [5.74, 6) is 1.35. The second-order valence-corrected chi connectivity index (χ2v) is 5.13. The van der Waals surface area contributed by atoms with E-state index in [4.69, 9.17) is 27.9 Å². The largest absolute Gasteiger partial charge is 0.456 e. The van der Waals surface area contributed by atoms with Crippen LogP contribution in [0.4, 0.5) is 0 Å². The van der Waals surface area contributed by atoms with Crippen LogP contribution in [0.5, 0.6) is 11.5 Å². The first-order valence-corrected chi connectivity index (χ1v) is 6.36. The van der Waals surface area contributed by atoms with Gasteiger partial charge in [0.2, 0.25) is 0 Å². The first-order chi connectivity index (χ1) is 8.06. The Kier molecular flexibility index (Phi) is 3.92. The number of benzene rings is 1. The number of aromatic nitrogens is 1. The van der Waals surface area contributed by atoms with Gasteiger partial charge in [0.15, 0.2) is 0 Å². The molecular formula is C12H8BrCl2NO. The van der Waals surface area contributed by atoms with E-state index in [9.17, 15) is 0 Å². The quantitative estimate of drug-likeness (QED) is 0.700. The van der Waals surface area contributed by atoms with Crippen molar-refractivity contribution in [2.75, 3.05) is 0 Å². The van der Waals surface area contributed by atoms with Gasteiger partial charge in [-0.1, -0.05) is 23.2 Å². The van der Waals surface area contributed by atoms with Crippen LogP contribution in [-0.2, 0) is 0 Å². The van der Waals surface area contributed by atoms with Gasteiger partial charge >= 0.3 is 0 Å². The molecule has 17 heavy (non-hydrogen) atoms. The molecule has 0 N–H and O–H groups in total. The Morgan fingerprint density at radius 3 is 2.65 bits per heavy atom. The minimum absolute atomic E-state index is 0.399. The molecule has 2 aromatic rings. The zero-order valence-corrected chi connectivity index (χ0v) is 12.0. The molecule has 0 aliphatic heterocycles. The zero-order chi connectivity index (χ0) is 12.4. The van der Waals surface area contributed by atoms with Crippen molar-refractivity contribution in [3.63, 3.8) is 0 Å². The third kappa shape index (κ3) is 3.12. The van der Waals surface area contributed by atoms with Crippen LogP contribution in [0.2, 0.25) is 10.2 Å². The average molecular weight is 333 g/mol. The van der Waals surface area contributed by atoms with Crippen LogP contribution in [0.3, 0.4) is 0 Å². The molecule has 0 amide bonds. The van der Waals surface area contributed by atoms with Gasteiger partial charge in [0.25, 0.3) is 0 Å². The van der Waals surface area contributed by atoms with Crippen LogP contribution in [0.1, 0.15) is 5.56 Å². The number of aryl methyl sites for hydroxylation is 1. The van der Waals surface area contributed by atoms with Crippen molar-refractivity contribution < 1.29 is 4.74 Å². The summed E-state index contributed by atoms with van der Waals surface area (Å²) in [6, 6.07) is 7.01. The Morgan fingerprint density at radius 1 is 1.18 bits per heavy atom. The molecule has 0 atom stereocenters. The molecule has 0 saturated carbocycles. The van der Waals surface area contributed by atoms with E-state index in [1.165, 1.54) is 0 Å². The molecule has 88 valence electrons. The van der Waals surface area contributed by atoms with Gasteiger partial charge in [0.05, 0.1) is 4.47 Å². The second kappa shape index (κ2) is 5.25. The molecule has 0 aliphatic carbocycles. The Hall–Kier alpha value is -0.770. The van der Waals surface area contributed by atoms with E-state index in [-0.39, 0.29) is 0 Å². The van der Waals surface area contributed by atoms with E-state index >= 15 is 0 Å². The maximum absolute atomic E-state index is 5.86. The molecule has 0 bridgehead atoms. The zero-order valence-electron chi connectivity index (χ0n) is 8.88. The highest BCUT2D eigenvalue weighted by atomic mass is 79.9. The lowest BCUT2D eigenvalue weighted by Gasteiger charge is -2.10. The SMILES string of the molecule is Cc1cnc(Cl)cc1Oc1ccc(Cl)cc1Br. The highest BCUT2D eigenvalue weighted by Gasteiger charge is 2.07. The van der Waals surface area contributed by atoms with Crippen LogP contribution in [-0.4, -0.2) is 4.98 Å². The summed E-state index contributed by atoms with van der Waals surface area (Å²) in [6.45, 7) is 1.91. The average Bonchev–Trinajstić information content (AvgIpc) is 2.27. The molecule has 5 heteroatoms. The van der Waals surface area contributed by atoms with Crippen LogP contribution < -0.4 is 4.74 Å². The molecule has 0 radical (unpaired) electrons. The summed E-state index contributed by atoms with van der Waals surface area (Å²) in [4.78, 5) is 3.97. The molecule has 2 rings (SSSR count). The highest BCUT2D eigenvalue weighted by molar-refractivity contribution is 9.10. The second-order valence-electron chi connectivity index (χ2n) is 3.45. The van der Waals surface area contributed by atoms with Crippen molar-refractivity contribution in [1.82, 2.24) is 4.98 Å². The molecule has 0 unspecified atom stereocenters. The predicted octanol–water partition coefficient (Wildman–Crippen LogP) is 5.25. The summed E-state index contributed by atoms with van der Waals surface area (Å²) >= 11 is 15.1. The lowest BCUT2D eigenvalue weighted by atomic mass is 10.3. The van der Waals surface area contributed by atoms with Crippen molar-refractivity contribution in [1.29, 1.82) is 0 Å². The van der Waals surface area contributed by atoms with Gasteiger partial charge in [0.1, 0.15) is 16.7 Å². The van der Waals surface area contributed by atoms with E-state index in [0.717, 1.165) is 10.0 Å². The van der Waals surface area contributed by atoms with Gasteiger partial charge in [-0.15, -0.1) is 0 Å². The molecular weight excluding hydrogens is 325 g/mol. The minimum atomic E-state index is 0.399. The number of hydrogen-bond donors (Lipinski definition) is 0. The first-order valence-electron chi connectivity index (χ1n) is 4.81. The molecule has 1 heterocycles. The predicted molar refractivity (Wildman–Crippen MR) is 73.2 cm³/mol. The lowest BCUT2D eigenvalue weighted by molar-refractivity contribution is 0.475. The van der Waals surface area contributed by atoms with Gasteiger partial charge in [-0.2, -0.15) is 0 Å². The summed E-state index contributed by atoms with van der Waals surface area (Å²) in [7, 11) is 0. The maximum atomic E-state index is 5.86. The van der Waals surface area contributed by atoms with Crippen molar-refractivity contribution in [2.45, 2.75) is 6.92 Å². The van der Waals surface area contributed by atoms with Crippen LogP contribution in [0.25, 0.3) is 0 Å². The van der Waals surface area contributed by atoms with Crippen molar-refractivity contribution in [3.8, 4) is 11.5 Å². The van der Waals surface area contributed by atoms with E-state index in [0.29, 0.717) is 21.7 Å². The van der Waals surface area contributed by atoms with Crippen LogP contribution in [0, 0.1) is 6.92 Å². The van der Waals surface area contributed by atoms with Gasteiger partial charge < -0.3 is 4.74 Å². The summed E-state index contributed by atoms with van der Waals surface area (Å²) in [5.41, 5.74) is 0.913. The van der Waals surface area contributed by atoms with Crippen LogP contribution >= 0.6 is 39.1 Å². The highest BCUT2D eigenvalue weighted by Crippen LogP contribution is 2.33. The summed E-state index contributed by atoms with van der Waals surface area (Å²) < 4.78 is 6.53. The minimum Gasteiger partial charge on any atom is -0.456 e. The van der Waals surface area contributed by atoms with E-state index in [2.05, 4.69) is 20.9 Å². The number of pyridine rings is 1. The smallest absolute Gasteiger partial charge is 0.141 e. The summed E-state index contributed by atoms with van der Waals surface area (Å²) in [5, 5.41) is 1.05. The normalized spacial score (nSPS) is 10.4. The fourth-order valence-corrected chi connectivity index (χ4v) is 2.18. The van der Waals surface area contributed by atoms with Gasteiger partial charge in [0, 0.05) is 22.8 Å². The number of ether oxygens (including phenoxy) is 1.